The first-order valence-corrected chi connectivity index (χ1v) is 8.73. The summed E-state index contributed by atoms with van der Waals surface area (Å²) in [6.45, 7) is 1.89. The van der Waals surface area contributed by atoms with E-state index in [0.717, 1.165) is 31.6 Å². The van der Waals surface area contributed by atoms with E-state index in [1.54, 1.807) is 10.9 Å². The second-order valence-electron chi connectivity index (χ2n) is 6.89. The summed E-state index contributed by atoms with van der Waals surface area (Å²) in [5, 5.41) is 4.89. The van der Waals surface area contributed by atoms with E-state index in [1.807, 2.05) is 30.3 Å². The lowest BCUT2D eigenvalue weighted by molar-refractivity contribution is 0.411. The summed E-state index contributed by atoms with van der Waals surface area (Å²) >= 11 is 0. The molecule has 3 aromatic rings. The van der Waals surface area contributed by atoms with E-state index in [2.05, 4.69) is 27.1 Å². The molecule has 1 aromatic carbocycles. The first kappa shape index (κ1) is 14.5. The SMILES string of the molecule is O=c1[nH]c(N2CC3CC=CCC3C2)nc2c1cnn2-c1ccccc1. The van der Waals surface area contributed by atoms with Crippen LogP contribution in [0, 0.1) is 11.8 Å². The number of hydrogen-bond donors (Lipinski definition) is 1. The molecule has 0 radical (unpaired) electrons. The van der Waals surface area contributed by atoms with Crippen LogP contribution in [0.3, 0.4) is 0 Å². The van der Waals surface area contributed by atoms with Crippen LogP contribution in [0.15, 0.2) is 53.5 Å². The number of benzene rings is 1. The predicted molar refractivity (Wildman–Crippen MR) is 97.1 cm³/mol. The molecule has 0 bridgehead atoms. The predicted octanol–water partition coefficient (Wildman–Crippen LogP) is 2.51. The molecule has 0 spiro atoms. The molecule has 25 heavy (non-hydrogen) atoms. The Kier molecular flexibility index (Phi) is 3.23. The van der Waals surface area contributed by atoms with Crippen molar-refractivity contribution in [2.45, 2.75) is 12.8 Å². The van der Waals surface area contributed by atoms with Crippen LogP contribution in [0.1, 0.15) is 12.8 Å². The number of hydrogen-bond acceptors (Lipinski definition) is 4. The molecule has 1 N–H and O–H groups in total. The van der Waals surface area contributed by atoms with Gasteiger partial charge in [-0.25, -0.2) is 4.68 Å². The van der Waals surface area contributed by atoms with Crippen LogP contribution in [0.25, 0.3) is 16.7 Å². The Morgan fingerprint density at radius 2 is 1.76 bits per heavy atom. The summed E-state index contributed by atoms with van der Waals surface area (Å²) in [7, 11) is 0. The van der Waals surface area contributed by atoms with Crippen molar-refractivity contribution < 1.29 is 0 Å². The summed E-state index contributed by atoms with van der Waals surface area (Å²) in [4.78, 5) is 22.5. The molecule has 1 saturated heterocycles. The standard InChI is InChI=1S/C19H19N5O/c25-18-16-10-20-24(15-8-2-1-3-9-15)17(16)21-19(22-18)23-11-13-6-4-5-7-14(13)12-23/h1-5,8-10,13-14H,6-7,11-12H2,(H,21,22,25). The van der Waals surface area contributed by atoms with Crippen LogP contribution in [0.2, 0.25) is 0 Å². The van der Waals surface area contributed by atoms with Gasteiger partial charge in [-0.1, -0.05) is 30.4 Å². The van der Waals surface area contributed by atoms with Crippen molar-refractivity contribution in [3.63, 3.8) is 0 Å². The van der Waals surface area contributed by atoms with Gasteiger partial charge in [0.05, 0.1) is 11.9 Å². The highest BCUT2D eigenvalue weighted by Crippen LogP contribution is 2.34. The third-order valence-electron chi connectivity index (χ3n) is 5.35. The molecule has 2 atom stereocenters. The number of para-hydroxylation sites is 1. The molecule has 2 aliphatic rings. The first-order valence-electron chi connectivity index (χ1n) is 8.73. The van der Waals surface area contributed by atoms with Gasteiger partial charge in [-0.3, -0.25) is 9.78 Å². The van der Waals surface area contributed by atoms with E-state index in [9.17, 15) is 4.79 Å². The van der Waals surface area contributed by atoms with Gasteiger partial charge >= 0.3 is 0 Å². The van der Waals surface area contributed by atoms with Gasteiger partial charge in [0, 0.05) is 13.1 Å². The van der Waals surface area contributed by atoms with E-state index >= 15 is 0 Å². The lowest BCUT2D eigenvalue weighted by atomic mass is 9.86. The lowest BCUT2D eigenvalue weighted by Crippen LogP contribution is -2.25. The number of rotatable bonds is 2. The van der Waals surface area contributed by atoms with Gasteiger partial charge in [0.25, 0.3) is 5.56 Å². The number of allylic oxidation sites excluding steroid dienone is 2. The normalized spacial score (nSPS) is 22.5. The zero-order valence-electron chi connectivity index (χ0n) is 13.8. The molecule has 1 aliphatic heterocycles. The molecule has 1 aliphatic carbocycles. The Labute approximate surface area is 144 Å². The Bertz CT molecular complexity index is 988. The number of fused-ring (bicyclic) bond motifs is 2. The molecular formula is C19H19N5O. The third-order valence-corrected chi connectivity index (χ3v) is 5.35. The van der Waals surface area contributed by atoms with Crippen LogP contribution >= 0.6 is 0 Å². The van der Waals surface area contributed by atoms with Gasteiger partial charge in [0.2, 0.25) is 5.95 Å². The number of aromatic amines is 1. The Morgan fingerprint density at radius 3 is 2.48 bits per heavy atom. The Hall–Kier alpha value is -2.89. The van der Waals surface area contributed by atoms with Gasteiger partial charge in [0.1, 0.15) is 5.39 Å². The summed E-state index contributed by atoms with van der Waals surface area (Å²) in [5.74, 6) is 1.97. The number of aromatic nitrogens is 4. The van der Waals surface area contributed by atoms with Crippen LogP contribution in [-0.4, -0.2) is 32.8 Å². The van der Waals surface area contributed by atoms with Crippen LogP contribution in [0.4, 0.5) is 5.95 Å². The fourth-order valence-electron chi connectivity index (χ4n) is 4.00. The van der Waals surface area contributed by atoms with E-state index in [-0.39, 0.29) is 5.56 Å². The molecule has 5 rings (SSSR count). The monoisotopic (exact) mass is 333 g/mol. The quantitative estimate of drug-likeness (QED) is 0.732. The molecular weight excluding hydrogens is 314 g/mol. The maximum absolute atomic E-state index is 12.5. The Morgan fingerprint density at radius 1 is 1.04 bits per heavy atom. The topological polar surface area (TPSA) is 66.8 Å². The van der Waals surface area contributed by atoms with Crippen molar-refractivity contribution in [3.05, 3.63) is 59.0 Å². The summed E-state index contributed by atoms with van der Waals surface area (Å²) < 4.78 is 1.73. The zero-order chi connectivity index (χ0) is 16.8. The van der Waals surface area contributed by atoms with Crippen molar-refractivity contribution in [1.82, 2.24) is 19.7 Å². The highest BCUT2D eigenvalue weighted by atomic mass is 16.1. The van der Waals surface area contributed by atoms with Crippen LogP contribution < -0.4 is 10.5 Å². The molecule has 2 unspecified atom stereocenters. The molecule has 1 fully saturated rings. The van der Waals surface area contributed by atoms with Crippen molar-refractivity contribution in [3.8, 4) is 5.69 Å². The third kappa shape index (κ3) is 2.36. The van der Waals surface area contributed by atoms with Gasteiger partial charge in [-0.05, 0) is 36.8 Å². The maximum atomic E-state index is 12.5. The maximum Gasteiger partial charge on any atom is 0.263 e. The summed E-state index contributed by atoms with van der Waals surface area (Å²) in [5.41, 5.74) is 1.38. The average Bonchev–Trinajstić information content (AvgIpc) is 3.26. The number of H-pyrrole nitrogens is 1. The summed E-state index contributed by atoms with van der Waals surface area (Å²) in [6, 6.07) is 9.79. The molecule has 0 amide bonds. The highest BCUT2D eigenvalue weighted by Gasteiger charge is 2.34. The van der Waals surface area contributed by atoms with Gasteiger partial charge in [-0.2, -0.15) is 10.1 Å². The number of anilines is 1. The Balaban J connectivity index is 1.58. The minimum atomic E-state index is -0.129. The van der Waals surface area contributed by atoms with Crippen molar-refractivity contribution >= 4 is 17.0 Å². The summed E-state index contributed by atoms with van der Waals surface area (Å²) in [6.07, 6.45) is 8.37. The average molecular weight is 333 g/mol. The van der Waals surface area contributed by atoms with Gasteiger partial charge in [-0.15, -0.1) is 0 Å². The minimum Gasteiger partial charge on any atom is -0.342 e. The molecule has 2 aromatic heterocycles. The van der Waals surface area contributed by atoms with Crippen molar-refractivity contribution in [2.75, 3.05) is 18.0 Å². The van der Waals surface area contributed by atoms with Crippen LogP contribution in [-0.2, 0) is 0 Å². The molecule has 3 heterocycles. The molecule has 6 nitrogen and oxygen atoms in total. The second kappa shape index (κ2) is 5.58. The number of nitrogens with one attached hydrogen (secondary N) is 1. The van der Waals surface area contributed by atoms with E-state index in [1.165, 1.54) is 0 Å². The number of nitrogens with zero attached hydrogens (tertiary/aromatic N) is 4. The van der Waals surface area contributed by atoms with Gasteiger partial charge < -0.3 is 4.90 Å². The first-order chi connectivity index (χ1) is 12.3. The van der Waals surface area contributed by atoms with E-state index in [4.69, 9.17) is 4.98 Å². The minimum absolute atomic E-state index is 0.129. The molecule has 126 valence electrons. The van der Waals surface area contributed by atoms with Crippen LogP contribution in [0.5, 0.6) is 0 Å². The largest absolute Gasteiger partial charge is 0.342 e. The fraction of sp³-hybridized carbons (Fsp3) is 0.316. The van der Waals surface area contributed by atoms with Gasteiger partial charge in [0.15, 0.2) is 5.65 Å². The lowest BCUT2D eigenvalue weighted by Gasteiger charge is -2.17. The van der Waals surface area contributed by atoms with Crippen molar-refractivity contribution in [2.24, 2.45) is 11.8 Å². The highest BCUT2D eigenvalue weighted by molar-refractivity contribution is 5.76. The zero-order valence-corrected chi connectivity index (χ0v) is 13.8. The second-order valence-corrected chi connectivity index (χ2v) is 6.89. The fourth-order valence-corrected chi connectivity index (χ4v) is 4.00. The van der Waals surface area contributed by atoms with E-state index < -0.39 is 0 Å². The van der Waals surface area contributed by atoms with E-state index in [0.29, 0.717) is 28.8 Å². The van der Waals surface area contributed by atoms with Crippen molar-refractivity contribution in [1.29, 1.82) is 0 Å². The molecule has 6 heteroatoms. The smallest absolute Gasteiger partial charge is 0.263 e. The molecule has 0 saturated carbocycles.